The number of hydrogen-bond acceptors (Lipinski definition) is 2. The quantitative estimate of drug-likeness (QED) is 0.805. The second-order valence-corrected chi connectivity index (χ2v) is 5.40. The van der Waals surface area contributed by atoms with Gasteiger partial charge in [-0.15, -0.1) is 0 Å². The number of ether oxygens (including phenoxy) is 1. The summed E-state index contributed by atoms with van der Waals surface area (Å²) in [6.45, 7) is 8.12. The summed E-state index contributed by atoms with van der Waals surface area (Å²) in [5.41, 5.74) is 2.64. The standard InChI is InChI=1S/C16H23NO/c1-12(2)15-9-13(3)16(17-15)11-18-10-14-7-5-4-6-8-14/h4-9,12,15-17H,10-11H2,1-3H3. The maximum absolute atomic E-state index is 5.80. The molecule has 0 bridgehead atoms. The van der Waals surface area contributed by atoms with E-state index in [1.54, 1.807) is 0 Å². The van der Waals surface area contributed by atoms with Gasteiger partial charge >= 0.3 is 0 Å². The highest BCUT2D eigenvalue weighted by Crippen LogP contribution is 2.18. The van der Waals surface area contributed by atoms with Crippen molar-refractivity contribution in [3.63, 3.8) is 0 Å². The first-order valence-corrected chi connectivity index (χ1v) is 6.73. The SMILES string of the molecule is CC1=CC(C(C)C)NC1COCc1ccccc1. The monoisotopic (exact) mass is 245 g/mol. The molecule has 98 valence electrons. The van der Waals surface area contributed by atoms with Crippen molar-refractivity contribution in [3.8, 4) is 0 Å². The molecule has 1 aliphatic rings. The zero-order chi connectivity index (χ0) is 13.0. The molecular formula is C16H23NO. The molecule has 18 heavy (non-hydrogen) atoms. The van der Waals surface area contributed by atoms with E-state index in [1.807, 2.05) is 18.2 Å². The lowest BCUT2D eigenvalue weighted by Gasteiger charge is -2.18. The van der Waals surface area contributed by atoms with E-state index in [4.69, 9.17) is 4.74 Å². The minimum atomic E-state index is 0.376. The lowest BCUT2D eigenvalue weighted by Crippen LogP contribution is -2.37. The molecule has 1 heterocycles. The fraction of sp³-hybridized carbons (Fsp3) is 0.500. The summed E-state index contributed by atoms with van der Waals surface area (Å²) >= 11 is 0. The summed E-state index contributed by atoms with van der Waals surface area (Å²) < 4.78 is 5.80. The van der Waals surface area contributed by atoms with Crippen LogP contribution >= 0.6 is 0 Å². The Morgan fingerprint density at radius 3 is 2.56 bits per heavy atom. The van der Waals surface area contributed by atoms with Gasteiger partial charge in [-0.2, -0.15) is 0 Å². The third-order valence-corrected chi connectivity index (χ3v) is 3.50. The van der Waals surface area contributed by atoms with Crippen LogP contribution < -0.4 is 5.32 Å². The van der Waals surface area contributed by atoms with Crippen LogP contribution in [0.3, 0.4) is 0 Å². The van der Waals surface area contributed by atoms with Crippen molar-refractivity contribution in [2.45, 2.75) is 39.5 Å². The van der Waals surface area contributed by atoms with Gasteiger partial charge in [-0.1, -0.05) is 55.8 Å². The van der Waals surface area contributed by atoms with Crippen molar-refractivity contribution >= 4 is 0 Å². The largest absolute Gasteiger partial charge is 0.375 e. The predicted octanol–water partition coefficient (Wildman–Crippen LogP) is 3.15. The van der Waals surface area contributed by atoms with Crippen LogP contribution in [0.5, 0.6) is 0 Å². The predicted molar refractivity (Wildman–Crippen MR) is 75.4 cm³/mol. The second-order valence-electron chi connectivity index (χ2n) is 5.40. The zero-order valence-corrected chi connectivity index (χ0v) is 11.5. The van der Waals surface area contributed by atoms with Gasteiger partial charge in [-0.3, -0.25) is 0 Å². The molecule has 0 saturated heterocycles. The fourth-order valence-electron chi connectivity index (χ4n) is 2.24. The van der Waals surface area contributed by atoms with Crippen LogP contribution in [-0.2, 0) is 11.3 Å². The molecule has 2 nitrogen and oxygen atoms in total. The van der Waals surface area contributed by atoms with Crippen LogP contribution in [0.4, 0.5) is 0 Å². The lowest BCUT2D eigenvalue weighted by molar-refractivity contribution is 0.106. The molecule has 2 heteroatoms. The summed E-state index contributed by atoms with van der Waals surface area (Å²) in [5.74, 6) is 0.638. The van der Waals surface area contributed by atoms with E-state index in [-0.39, 0.29) is 0 Å². The van der Waals surface area contributed by atoms with Gasteiger partial charge in [0.05, 0.1) is 19.3 Å². The third-order valence-electron chi connectivity index (χ3n) is 3.50. The number of benzene rings is 1. The molecule has 1 N–H and O–H groups in total. The van der Waals surface area contributed by atoms with Gasteiger partial charge in [0.25, 0.3) is 0 Å². The molecule has 2 rings (SSSR count). The summed E-state index contributed by atoms with van der Waals surface area (Å²) in [7, 11) is 0. The first-order valence-electron chi connectivity index (χ1n) is 6.73. The Balaban J connectivity index is 1.77. The molecule has 0 fully saturated rings. The van der Waals surface area contributed by atoms with Crippen molar-refractivity contribution < 1.29 is 4.74 Å². The maximum atomic E-state index is 5.80. The minimum absolute atomic E-state index is 0.376. The Hall–Kier alpha value is -1.12. The lowest BCUT2D eigenvalue weighted by atomic mass is 10.1. The Bertz CT molecular complexity index is 397. The highest BCUT2D eigenvalue weighted by molar-refractivity contribution is 5.20. The minimum Gasteiger partial charge on any atom is -0.375 e. The number of nitrogens with one attached hydrogen (secondary N) is 1. The van der Waals surface area contributed by atoms with Crippen molar-refractivity contribution in [1.29, 1.82) is 0 Å². The second kappa shape index (κ2) is 6.17. The molecular weight excluding hydrogens is 222 g/mol. The first kappa shape index (κ1) is 13.3. The van der Waals surface area contributed by atoms with Gasteiger partial charge in [-0.05, 0) is 18.4 Å². The molecule has 1 aliphatic heterocycles. The normalized spacial score (nSPS) is 23.4. The smallest absolute Gasteiger partial charge is 0.0717 e. The Kier molecular flexibility index (Phi) is 4.56. The van der Waals surface area contributed by atoms with Crippen molar-refractivity contribution in [1.82, 2.24) is 5.32 Å². The number of hydrogen-bond donors (Lipinski definition) is 1. The van der Waals surface area contributed by atoms with Gasteiger partial charge in [0.15, 0.2) is 0 Å². The number of rotatable bonds is 5. The topological polar surface area (TPSA) is 21.3 Å². The maximum Gasteiger partial charge on any atom is 0.0717 e. The van der Waals surface area contributed by atoms with Crippen LogP contribution in [0.25, 0.3) is 0 Å². The van der Waals surface area contributed by atoms with Crippen molar-refractivity contribution in [2.75, 3.05) is 6.61 Å². The molecule has 0 aliphatic carbocycles. The van der Waals surface area contributed by atoms with E-state index in [0.717, 1.165) is 6.61 Å². The molecule has 2 atom stereocenters. The van der Waals surface area contributed by atoms with Gasteiger partial charge < -0.3 is 10.1 Å². The van der Waals surface area contributed by atoms with Gasteiger partial charge in [-0.25, -0.2) is 0 Å². The van der Waals surface area contributed by atoms with Crippen LogP contribution in [0.1, 0.15) is 26.3 Å². The van der Waals surface area contributed by atoms with E-state index >= 15 is 0 Å². The summed E-state index contributed by atoms with van der Waals surface area (Å²) in [4.78, 5) is 0. The molecule has 0 radical (unpaired) electrons. The van der Waals surface area contributed by atoms with E-state index in [1.165, 1.54) is 11.1 Å². The average Bonchev–Trinajstić information content (AvgIpc) is 2.73. The molecule has 0 amide bonds. The Morgan fingerprint density at radius 1 is 1.22 bits per heavy atom. The third kappa shape index (κ3) is 3.44. The van der Waals surface area contributed by atoms with E-state index in [2.05, 4.69) is 44.3 Å². The molecule has 2 unspecified atom stereocenters. The van der Waals surface area contributed by atoms with E-state index in [0.29, 0.717) is 24.6 Å². The highest BCUT2D eigenvalue weighted by Gasteiger charge is 2.24. The highest BCUT2D eigenvalue weighted by atomic mass is 16.5. The fourth-order valence-corrected chi connectivity index (χ4v) is 2.24. The van der Waals surface area contributed by atoms with Gasteiger partial charge in [0, 0.05) is 6.04 Å². The van der Waals surface area contributed by atoms with Crippen LogP contribution in [-0.4, -0.2) is 18.7 Å². The summed E-state index contributed by atoms with van der Waals surface area (Å²) in [6, 6.07) is 11.2. The zero-order valence-electron chi connectivity index (χ0n) is 11.5. The summed E-state index contributed by atoms with van der Waals surface area (Å²) in [6.07, 6.45) is 2.33. The summed E-state index contributed by atoms with van der Waals surface area (Å²) in [5, 5.41) is 3.61. The van der Waals surface area contributed by atoms with Crippen molar-refractivity contribution in [2.24, 2.45) is 5.92 Å². The van der Waals surface area contributed by atoms with E-state index in [9.17, 15) is 0 Å². The van der Waals surface area contributed by atoms with Crippen LogP contribution in [0, 0.1) is 5.92 Å². The van der Waals surface area contributed by atoms with Gasteiger partial charge in [0.1, 0.15) is 0 Å². The van der Waals surface area contributed by atoms with E-state index < -0.39 is 0 Å². The first-order chi connectivity index (χ1) is 8.66. The van der Waals surface area contributed by atoms with Crippen LogP contribution in [0.2, 0.25) is 0 Å². The van der Waals surface area contributed by atoms with Crippen molar-refractivity contribution in [3.05, 3.63) is 47.5 Å². The Labute approximate surface area is 110 Å². The molecule has 1 aromatic rings. The molecule has 0 aromatic heterocycles. The molecule has 1 aromatic carbocycles. The van der Waals surface area contributed by atoms with Gasteiger partial charge in [0.2, 0.25) is 0 Å². The van der Waals surface area contributed by atoms with Crippen LogP contribution in [0.15, 0.2) is 42.0 Å². The molecule has 0 saturated carbocycles. The molecule has 0 spiro atoms. The average molecular weight is 245 g/mol. The Morgan fingerprint density at radius 2 is 1.94 bits per heavy atom.